The highest BCUT2D eigenvalue weighted by atomic mass is 16.6. The van der Waals surface area contributed by atoms with Gasteiger partial charge in [0.25, 0.3) is 0 Å². The number of hydrogen-bond acceptors (Lipinski definition) is 3. The summed E-state index contributed by atoms with van der Waals surface area (Å²) in [6.07, 6.45) is 9.68. The molecule has 0 bridgehead atoms. The molecule has 6 rings (SSSR count). The summed E-state index contributed by atoms with van der Waals surface area (Å²) in [5.41, 5.74) is 1.81. The maximum atomic E-state index is 13.2. The molecule has 1 aliphatic heterocycles. The number of epoxide rings is 1. The zero-order chi connectivity index (χ0) is 23.8. The molecule has 0 spiro atoms. The SMILES string of the molecule is C=C(C)[C@@H]1CC[C@]2(CO)CC[C@]3(C)[C@H](CC[C@@H]4[C@@]5(C)[C@H]6O[C@H]6C(=O)C(C)(C)[C@@H]5CC[C@]43C)[C@@H]12. The first kappa shape index (κ1) is 22.8. The zero-order valence-corrected chi connectivity index (χ0v) is 21.9. The van der Waals surface area contributed by atoms with Crippen LogP contribution in [0.3, 0.4) is 0 Å². The highest BCUT2D eigenvalue weighted by molar-refractivity contribution is 5.92. The number of fused-ring (bicyclic) bond motifs is 9. The van der Waals surface area contributed by atoms with Gasteiger partial charge in [0.2, 0.25) is 0 Å². The van der Waals surface area contributed by atoms with E-state index in [0.717, 1.165) is 6.42 Å². The summed E-state index contributed by atoms with van der Waals surface area (Å²) in [7, 11) is 0. The maximum Gasteiger partial charge on any atom is 0.170 e. The number of allylic oxidation sites excluding steroid dienone is 1. The zero-order valence-electron chi connectivity index (χ0n) is 21.9. The average molecular weight is 455 g/mol. The molecule has 33 heavy (non-hydrogen) atoms. The van der Waals surface area contributed by atoms with Crippen molar-refractivity contribution < 1.29 is 14.6 Å². The van der Waals surface area contributed by atoms with Crippen molar-refractivity contribution in [3.05, 3.63) is 12.2 Å². The van der Waals surface area contributed by atoms with Gasteiger partial charge in [0.15, 0.2) is 5.78 Å². The lowest BCUT2D eigenvalue weighted by Crippen LogP contribution is -2.68. The molecule has 3 heteroatoms. The van der Waals surface area contributed by atoms with Crippen LogP contribution in [0.1, 0.15) is 92.9 Å². The summed E-state index contributed by atoms with van der Waals surface area (Å²) < 4.78 is 6.22. The molecule has 0 radical (unpaired) electrons. The van der Waals surface area contributed by atoms with Gasteiger partial charge < -0.3 is 9.84 Å². The molecule has 3 nitrogen and oxygen atoms in total. The van der Waals surface area contributed by atoms with Gasteiger partial charge in [-0.25, -0.2) is 0 Å². The van der Waals surface area contributed by atoms with Crippen molar-refractivity contribution in [2.24, 2.45) is 56.7 Å². The Morgan fingerprint density at radius 2 is 1.70 bits per heavy atom. The van der Waals surface area contributed by atoms with E-state index in [0.29, 0.717) is 42.0 Å². The van der Waals surface area contributed by atoms with Gasteiger partial charge in [0.1, 0.15) is 6.10 Å². The van der Waals surface area contributed by atoms with E-state index in [-0.39, 0.29) is 39.3 Å². The topological polar surface area (TPSA) is 49.8 Å². The maximum absolute atomic E-state index is 13.2. The summed E-state index contributed by atoms with van der Waals surface area (Å²) in [6, 6.07) is 0. The summed E-state index contributed by atoms with van der Waals surface area (Å²) >= 11 is 0. The van der Waals surface area contributed by atoms with Crippen LogP contribution in [-0.4, -0.2) is 29.7 Å². The van der Waals surface area contributed by atoms with Crippen molar-refractivity contribution in [2.75, 3.05) is 6.61 Å². The quantitative estimate of drug-likeness (QED) is 0.400. The lowest BCUT2D eigenvalue weighted by Gasteiger charge is -2.72. The minimum atomic E-state index is -0.277. The fourth-order valence-electron chi connectivity index (χ4n) is 11.7. The standard InChI is InChI=1S/C30H46O3/c1-17(2)18-10-13-30(16-31)15-14-27(5)19(22(18)30)8-9-21-28(27,6)12-11-20-26(3,4)24(32)23-25(33-23)29(20,21)7/h18-23,25,31H,1,8-16H2,2-7H3/t18-,19+,20-,21-,22+,23-,25-,27+,28+,29-,30+/m0/s1. The van der Waals surface area contributed by atoms with Crippen molar-refractivity contribution in [1.82, 2.24) is 0 Å². The van der Waals surface area contributed by atoms with Gasteiger partial charge in [0.05, 0.1) is 6.10 Å². The number of ketones is 1. The van der Waals surface area contributed by atoms with Crippen LogP contribution in [0.25, 0.3) is 0 Å². The Morgan fingerprint density at radius 3 is 2.36 bits per heavy atom. The number of aliphatic hydroxyl groups excluding tert-OH is 1. The van der Waals surface area contributed by atoms with Crippen molar-refractivity contribution >= 4 is 5.78 Å². The molecule has 0 aromatic rings. The Kier molecular flexibility index (Phi) is 4.52. The van der Waals surface area contributed by atoms with E-state index in [1.807, 2.05) is 0 Å². The molecule has 6 aliphatic rings. The van der Waals surface area contributed by atoms with Gasteiger partial charge in [-0.05, 0) is 104 Å². The van der Waals surface area contributed by atoms with E-state index < -0.39 is 0 Å². The number of hydrogen-bond donors (Lipinski definition) is 1. The Hall–Kier alpha value is -0.670. The van der Waals surface area contributed by atoms with E-state index in [4.69, 9.17) is 4.74 Å². The van der Waals surface area contributed by atoms with Crippen LogP contribution in [-0.2, 0) is 9.53 Å². The van der Waals surface area contributed by atoms with Gasteiger partial charge in [-0.15, -0.1) is 0 Å². The van der Waals surface area contributed by atoms with Crippen LogP contribution in [0.5, 0.6) is 0 Å². The number of aliphatic hydroxyl groups is 1. The molecular formula is C30H46O3. The smallest absolute Gasteiger partial charge is 0.170 e. The third kappa shape index (κ3) is 2.43. The minimum Gasteiger partial charge on any atom is -0.396 e. The predicted molar refractivity (Wildman–Crippen MR) is 130 cm³/mol. The minimum absolute atomic E-state index is 0.0952. The highest BCUT2D eigenvalue weighted by Crippen LogP contribution is 2.78. The van der Waals surface area contributed by atoms with Crippen LogP contribution in [0.4, 0.5) is 0 Å². The number of carbonyl (C=O) groups excluding carboxylic acids is 1. The third-order valence-corrected chi connectivity index (χ3v) is 13.6. The molecular weight excluding hydrogens is 408 g/mol. The first-order valence-corrected chi connectivity index (χ1v) is 13.8. The Morgan fingerprint density at radius 1 is 0.970 bits per heavy atom. The van der Waals surface area contributed by atoms with E-state index in [1.165, 1.54) is 50.5 Å². The van der Waals surface area contributed by atoms with Gasteiger partial charge in [0, 0.05) is 17.4 Å². The first-order chi connectivity index (χ1) is 15.4. The predicted octanol–water partition coefficient (Wildman–Crippen LogP) is 6.19. The Labute approximate surface area is 201 Å². The summed E-state index contributed by atoms with van der Waals surface area (Å²) in [5.74, 6) is 3.21. The summed E-state index contributed by atoms with van der Waals surface area (Å²) in [5, 5.41) is 10.7. The second kappa shape index (κ2) is 6.55. The molecule has 0 aromatic heterocycles. The number of Topliss-reactive ketones (excluding diaryl/α,β-unsaturated/α-hetero) is 1. The summed E-state index contributed by atoms with van der Waals surface area (Å²) in [6.45, 7) is 19.2. The first-order valence-electron chi connectivity index (χ1n) is 13.8. The van der Waals surface area contributed by atoms with Gasteiger partial charge >= 0.3 is 0 Å². The number of rotatable bonds is 2. The van der Waals surface area contributed by atoms with E-state index in [2.05, 4.69) is 48.1 Å². The van der Waals surface area contributed by atoms with Crippen molar-refractivity contribution in [3.63, 3.8) is 0 Å². The number of carbonyl (C=O) groups is 1. The molecule has 184 valence electrons. The van der Waals surface area contributed by atoms with Crippen LogP contribution in [0.2, 0.25) is 0 Å². The molecule has 1 heterocycles. The lowest BCUT2D eigenvalue weighted by molar-refractivity contribution is -0.235. The molecule has 0 amide bonds. The number of ether oxygens (including phenoxy) is 1. The fourth-order valence-corrected chi connectivity index (χ4v) is 11.7. The molecule has 1 saturated heterocycles. The molecule has 6 fully saturated rings. The monoisotopic (exact) mass is 454 g/mol. The van der Waals surface area contributed by atoms with E-state index >= 15 is 0 Å². The van der Waals surface area contributed by atoms with Gasteiger partial charge in [-0.1, -0.05) is 46.8 Å². The van der Waals surface area contributed by atoms with Crippen LogP contribution in [0.15, 0.2) is 12.2 Å². The summed E-state index contributed by atoms with van der Waals surface area (Å²) in [4.78, 5) is 13.2. The van der Waals surface area contributed by atoms with Gasteiger partial charge in [-0.3, -0.25) is 4.79 Å². The Balaban J connectivity index is 1.42. The average Bonchev–Trinajstić information content (AvgIpc) is 3.47. The molecule has 5 saturated carbocycles. The second-order valence-corrected chi connectivity index (χ2v) is 14.6. The molecule has 0 aromatic carbocycles. The van der Waals surface area contributed by atoms with Crippen molar-refractivity contribution in [3.8, 4) is 0 Å². The molecule has 1 N–H and O–H groups in total. The molecule has 0 unspecified atom stereocenters. The normalized spacial score (nSPS) is 58.4. The largest absolute Gasteiger partial charge is 0.396 e. The lowest BCUT2D eigenvalue weighted by atomic mass is 9.32. The third-order valence-electron chi connectivity index (χ3n) is 13.6. The van der Waals surface area contributed by atoms with Gasteiger partial charge in [-0.2, -0.15) is 0 Å². The van der Waals surface area contributed by atoms with Crippen LogP contribution >= 0.6 is 0 Å². The highest BCUT2D eigenvalue weighted by Gasteiger charge is 2.77. The van der Waals surface area contributed by atoms with Crippen LogP contribution in [0, 0.1) is 56.7 Å². The van der Waals surface area contributed by atoms with Crippen molar-refractivity contribution in [1.29, 1.82) is 0 Å². The van der Waals surface area contributed by atoms with E-state index in [9.17, 15) is 9.90 Å². The second-order valence-electron chi connectivity index (χ2n) is 14.6. The van der Waals surface area contributed by atoms with E-state index in [1.54, 1.807) is 0 Å². The van der Waals surface area contributed by atoms with Crippen LogP contribution < -0.4 is 0 Å². The fraction of sp³-hybridized carbons (Fsp3) is 0.900. The molecule has 11 atom stereocenters. The Bertz CT molecular complexity index is 906. The van der Waals surface area contributed by atoms with Crippen molar-refractivity contribution in [2.45, 2.75) is 105 Å². The molecule has 5 aliphatic carbocycles.